The molecule has 0 N–H and O–H groups in total. The fourth-order valence-electron chi connectivity index (χ4n) is 3.66. The summed E-state index contributed by atoms with van der Waals surface area (Å²) in [4.78, 5) is 15.7. The minimum Gasteiger partial charge on any atom is -0.337 e. The van der Waals surface area contributed by atoms with Crippen LogP contribution >= 0.6 is 11.6 Å². The Morgan fingerprint density at radius 3 is 2.34 bits per heavy atom. The molecule has 2 aliphatic rings. The minimum absolute atomic E-state index is 0.000620. The van der Waals surface area contributed by atoms with Gasteiger partial charge in [0.05, 0.1) is 22.0 Å². The van der Waals surface area contributed by atoms with Crippen molar-refractivity contribution in [3.8, 4) is 0 Å². The lowest BCUT2D eigenvalue weighted by atomic mass is 10.2. The van der Waals surface area contributed by atoms with Gasteiger partial charge in [-0.15, -0.1) is 0 Å². The number of hydrogen-bond acceptors (Lipinski definition) is 4. The van der Waals surface area contributed by atoms with E-state index < -0.39 is 28.7 Å². The van der Waals surface area contributed by atoms with E-state index in [1.165, 1.54) is 32.3 Å². The van der Waals surface area contributed by atoms with Crippen molar-refractivity contribution in [3.05, 3.63) is 28.8 Å². The maximum Gasteiger partial charge on any atom is 0.401 e. The van der Waals surface area contributed by atoms with Crippen molar-refractivity contribution < 1.29 is 26.4 Å². The van der Waals surface area contributed by atoms with Crippen molar-refractivity contribution in [2.75, 3.05) is 45.8 Å². The molecule has 2 fully saturated rings. The Bertz CT molecular complexity index is 858. The quantitative estimate of drug-likeness (QED) is 0.703. The van der Waals surface area contributed by atoms with Gasteiger partial charge >= 0.3 is 6.18 Å². The van der Waals surface area contributed by atoms with E-state index in [0.29, 0.717) is 19.5 Å². The Balaban J connectivity index is 1.77. The summed E-state index contributed by atoms with van der Waals surface area (Å²) in [6.45, 7) is 0.597. The molecule has 0 spiro atoms. The molecule has 0 aromatic heterocycles. The molecule has 1 amide bonds. The number of nitrogens with zero attached hydrogens (tertiary/aromatic N) is 3. The molecular formula is C18H23ClF3N3O3S. The number of carbonyl (C=O) groups excluding carboxylic acids is 1. The van der Waals surface area contributed by atoms with Crippen LogP contribution in [0.3, 0.4) is 0 Å². The summed E-state index contributed by atoms with van der Waals surface area (Å²) in [6, 6.07) is 4.03. The van der Waals surface area contributed by atoms with Crippen molar-refractivity contribution in [1.82, 2.24) is 14.1 Å². The summed E-state index contributed by atoms with van der Waals surface area (Å²) in [5.41, 5.74) is 0.0520. The van der Waals surface area contributed by atoms with Gasteiger partial charge in [-0.25, -0.2) is 8.42 Å². The lowest BCUT2D eigenvalue weighted by Gasteiger charge is -2.23. The van der Waals surface area contributed by atoms with Crippen molar-refractivity contribution >= 4 is 27.5 Å². The van der Waals surface area contributed by atoms with Gasteiger partial charge in [0.15, 0.2) is 0 Å². The molecule has 2 saturated heterocycles. The van der Waals surface area contributed by atoms with Crippen LogP contribution in [0.1, 0.15) is 29.6 Å². The van der Waals surface area contributed by atoms with E-state index in [2.05, 4.69) is 0 Å². The van der Waals surface area contributed by atoms with E-state index >= 15 is 0 Å². The van der Waals surface area contributed by atoms with Crippen molar-refractivity contribution in [2.45, 2.75) is 30.3 Å². The van der Waals surface area contributed by atoms with Gasteiger partial charge in [0.25, 0.3) is 5.91 Å². The van der Waals surface area contributed by atoms with Crippen LogP contribution < -0.4 is 0 Å². The van der Waals surface area contributed by atoms with Gasteiger partial charge in [0.2, 0.25) is 10.0 Å². The molecule has 3 rings (SSSR count). The minimum atomic E-state index is -4.29. The molecule has 162 valence electrons. The van der Waals surface area contributed by atoms with Crippen LogP contribution in [0.15, 0.2) is 23.1 Å². The predicted octanol–water partition coefficient (Wildman–Crippen LogP) is 2.83. The van der Waals surface area contributed by atoms with Crippen LogP contribution in [-0.4, -0.2) is 80.4 Å². The van der Waals surface area contributed by atoms with Gasteiger partial charge in [-0.05, 0) is 37.5 Å². The molecule has 1 aromatic carbocycles. The van der Waals surface area contributed by atoms with Crippen LogP contribution in [0.4, 0.5) is 13.2 Å². The SMILES string of the molecule is O=C(c1cc(S(=O)(=O)N2CCCC2)ccc1Cl)N1CCCN(CC(F)(F)F)CC1. The number of amides is 1. The zero-order chi connectivity index (χ0) is 21.2. The Hall–Kier alpha value is -1.36. The first-order chi connectivity index (χ1) is 13.6. The highest BCUT2D eigenvalue weighted by Gasteiger charge is 2.33. The summed E-state index contributed by atoms with van der Waals surface area (Å²) >= 11 is 6.16. The highest BCUT2D eigenvalue weighted by Crippen LogP contribution is 2.27. The number of halogens is 4. The highest BCUT2D eigenvalue weighted by atomic mass is 35.5. The van der Waals surface area contributed by atoms with Crippen LogP contribution in [0, 0.1) is 0 Å². The highest BCUT2D eigenvalue weighted by molar-refractivity contribution is 7.89. The van der Waals surface area contributed by atoms with Gasteiger partial charge in [0, 0.05) is 39.3 Å². The molecule has 0 atom stereocenters. The smallest absolute Gasteiger partial charge is 0.337 e. The molecule has 6 nitrogen and oxygen atoms in total. The predicted molar refractivity (Wildman–Crippen MR) is 102 cm³/mol. The van der Waals surface area contributed by atoms with Gasteiger partial charge in [-0.3, -0.25) is 9.69 Å². The number of alkyl halides is 3. The van der Waals surface area contributed by atoms with Gasteiger partial charge in [-0.2, -0.15) is 17.5 Å². The van der Waals surface area contributed by atoms with Gasteiger partial charge in [0.1, 0.15) is 0 Å². The summed E-state index contributed by atoms with van der Waals surface area (Å²) in [5, 5.41) is 0.117. The Labute approximate surface area is 173 Å². The molecule has 2 aliphatic heterocycles. The molecular weight excluding hydrogens is 431 g/mol. The number of sulfonamides is 1. The average molecular weight is 454 g/mol. The zero-order valence-electron chi connectivity index (χ0n) is 15.8. The topological polar surface area (TPSA) is 60.9 Å². The van der Waals surface area contributed by atoms with E-state index in [1.807, 2.05) is 0 Å². The first-order valence-electron chi connectivity index (χ1n) is 9.46. The fourth-order valence-corrected chi connectivity index (χ4v) is 5.40. The number of benzene rings is 1. The summed E-state index contributed by atoms with van der Waals surface area (Å²) in [5.74, 6) is -0.470. The zero-order valence-corrected chi connectivity index (χ0v) is 17.4. The Kier molecular flexibility index (Phi) is 6.77. The van der Waals surface area contributed by atoms with Crippen LogP contribution in [0.2, 0.25) is 5.02 Å². The van der Waals surface area contributed by atoms with E-state index in [9.17, 15) is 26.4 Å². The van der Waals surface area contributed by atoms with E-state index in [0.717, 1.165) is 12.8 Å². The maximum atomic E-state index is 13.0. The first kappa shape index (κ1) is 22.3. The molecule has 0 aliphatic carbocycles. The molecule has 11 heteroatoms. The molecule has 0 unspecified atom stereocenters. The second-order valence-electron chi connectivity index (χ2n) is 7.29. The fraction of sp³-hybridized carbons (Fsp3) is 0.611. The first-order valence-corrected chi connectivity index (χ1v) is 11.3. The average Bonchev–Trinajstić information content (AvgIpc) is 3.09. The van der Waals surface area contributed by atoms with Crippen molar-refractivity contribution in [1.29, 1.82) is 0 Å². The number of carbonyl (C=O) groups is 1. The monoisotopic (exact) mass is 453 g/mol. The molecule has 0 radical (unpaired) electrons. The molecule has 29 heavy (non-hydrogen) atoms. The van der Waals surface area contributed by atoms with E-state index in [-0.39, 0.29) is 41.7 Å². The third kappa shape index (κ3) is 5.42. The van der Waals surface area contributed by atoms with Gasteiger partial charge < -0.3 is 4.90 Å². The Morgan fingerprint density at radius 1 is 1.00 bits per heavy atom. The second-order valence-corrected chi connectivity index (χ2v) is 9.64. The summed E-state index contributed by atoms with van der Waals surface area (Å²) in [6.07, 6.45) is -2.31. The molecule has 2 heterocycles. The number of hydrogen-bond donors (Lipinski definition) is 0. The van der Waals surface area contributed by atoms with Gasteiger partial charge in [-0.1, -0.05) is 11.6 Å². The summed E-state index contributed by atoms with van der Waals surface area (Å²) in [7, 11) is -3.71. The second kappa shape index (κ2) is 8.79. The largest absolute Gasteiger partial charge is 0.401 e. The maximum absolute atomic E-state index is 13.0. The summed E-state index contributed by atoms with van der Waals surface area (Å²) < 4.78 is 64.8. The van der Waals surface area contributed by atoms with E-state index in [4.69, 9.17) is 11.6 Å². The normalized spacial score (nSPS) is 20.1. The van der Waals surface area contributed by atoms with E-state index in [1.54, 1.807) is 0 Å². The standard InChI is InChI=1S/C18H23ClF3N3O3S/c19-16-5-4-14(29(27,28)25-8-1-2-9-25)12-15(16)17(26)24-7-3-6-23(10-11-24)13-18(20,21)22/h4-5,12H,1-3,6-11,13H2. The van der Waals surface area contributed by atoms with Crippen molar-refractivity contribution in [3.63, 3.8) is 0 Å². The molecule has 0 bridgehead atoms. The molecule has 1 aromatic rings. The lowest BCUT2D eigenvalue weighted by molar-refractivity contribution is -0.145. The lowest BCUT2D eigenvalue weighted by Crippen LogP contribution is -2.38. The van der Waals surface area contributed by atoms with Crippen molar-refractivity contribution in [2.24, 2.45) is 0 Å². The molecule has 0 saturated carbocycles. The third-order valence-corrected chi connectivity index (χ3v) is 7.37. The Morgan fingerprint density at radius 2 is 1.69 bits per heavy atom. The number of rotatable bonds is 4. The van der Waals surface area contributed by atoms with Crippen LogP contribution in [0.25, 0.3) is 0 Å². The van der Waals surface area contributed by atoms with Crippen LogP contribution in [-0.2, 0) is 10.0 Å². The third-order valence-electron chi connectivity index (χ3n) is 5.15. The van der Waals surface area contributed by atoms with Crippen LogP contribution in [0.5, 0.6) is 0 Å².